The van der Waals surface area contributed by atoms with Gasteiger partial charge in [-0.1, -0.05) is 11.6 Å². The molecule has 0 saturated carbocycles. The second-order valence-corrected chi connectivity index (χ2v) is 7.11. The van der Waals surface area contributed by atoms with Crippen molar-refractivity contribution in [2.24, 2.45) is 0 Å². The van der Waals surface area contributed by atoms with Crippen LogP contribution in [-0.4, -0.2) is 36.6 Å². The van der Waals surface area contributed by atoms with Crippen molar-refractivity contribution in [1.29, 1.82) is 0 Å². The summed E-state index contributed by atoms with van der Waals surface area (Å²) in [4.78, 5) is 5.16. The molecule has 0 radical (unpaired) electrons. The molecule has 1 aromatic carbocycles. The Bertz CT molecular complexity index is 491. The molecular formula is C15H20BrClN2. The van der Waals surface area contributed by atoms with E-state index < -0.39 is 0 Å². The Morgan fingerprint density at radius 1 is 1.32 bits per heavy atom. The Morgan fingerprint density at radius 3 is 2.89 bits per heavy atom. The number of benzene rings is 1. The predicted octanol–water partition coefficient (Wildman–Crippen LogP) is 4.08. The first-order valence-corrected chi connectivity index (χ1v) is 8.19. The predicted molar refractivity (Wildman–Crippen MR) is 85.3 cm³/mol. The summed E-state index contributed by atoms with van der Waals surface area (Å²) in [5, 5.41) is 0.860. The molecule has 0 aliphatic carbocycles. The molecule has 2 nitrogen and oxygen atoms in total. The molecule has 1 aromatic rings. The van der Waals surface area contributed by atoms with E-state index >= 15 is 0 Å². The van der Waals surface area contributed by atoms with Crippen LogP contribution in [0.2, 0.25) is 5.02 Å². The van der Waals surface area contributed by atoms with E-state index in [1.807, 2.05) is 0 Å². The van der Waals surface area contributed by atoms with Crippen LogP contribution >= 0.6 is 27.5 Å². The second kappa shape index (κ2) is 5.27. The van der Waals surface area contributed by atoms with Crippen LogP contribution < -0.4 is 4.90 Å². The fraction of sp³-hybridized carbons (Fsp3) is 0.600. The van der Waals surface area contributed by atoms with E-state index in [4.69, 9.17) is 11.6 Å². The van der Waals surface area contributed by atoms with Crippen molar-refractivity contribution in [1.82, 2.24) is 4.90 Å². The average molecular weight is 344 g/mol. The average Bonchev–Trinajstić information content (AvgIpc) is 2.80. The van der Waals surface area contributed by atoms with Crippen molar-refractivity contribution < 1.29 is 0 Å². The van der Waals surface area contributed by atoms with E-state index in [9.17, 15) is 0 Å². The van der Waals surface area contributed by atoms with E-state index in [1.54, 1.807) is 0 Å². The molecule has 2 aliphatic rings. The lowest BCUT2D eigenvalue weighted by atomic mass is 10.1. The molecule has 4 heteroatoms. The van der Waals surface area contributed by atoms with Crippen LogP contribution in [0, 0.1) is 6.92 Å². The fourth-order valence-corrected chi connectivity index (χ4v) is 4.22. The topological polar surface area (TPSA) is 6.48 Å². The molecule has 3 rings (SSSR count). The van der Waals surface area contributed by atoms with E-state index in [2.05, 4.69) is 51.7 Å². The van der Waals surface area contributed by atoms with Crippen LogP contribution in [0.1, 0.15) is 25.3 Å². The van der Waals surface area contributed by atoms with Gasteiger partial charge in [-0.05, 0) is 66.9 Å². The zero-order valence-corrected chi connectivity index (χ0v) is 13.8. The smallest absolute Gasteiger partial charge is 0.0529 e. The molecule has 0 spiro atoms. The summed E-state index contributed by atoms with van der Waals surface area (Å²) in [6.45, 7) is 7.93. The third-order valence-electron chi connectivity index (χ3n) is 4.47. The van der Waals surface area contributed by atoms with Gasteiger partial charge in [-0.3, -0.25) is 4.90 Å². The summed E-state index contributed by atoms with van der Waals surface area (Å²) in [6.07, 6.45) is 2.68. The highest BCUT2D eigenvalue weighted by Gasteiger charge is 2.35. The highest BCUT2D eigenvalue weighted by atomic mass is 79.9. The van der Waals surface area contributed by atoms with Crippen molar-refractivity contribution in [3.63, 3.8) is 0 Å². The highest BCUT2D eigenvalue weighted by Crippen LogP contribution is 2.36. The van der Waals surface area contributed by atoms with Gasteiger partial charge in [-0.25, -0.2) is 0 Å². The van der Waals surface area contributed by atoms with Gasteiger partial charge in [-0.2, -0.15) is 0 Å². The molecule has 104 valence electrons. The van der Waals surface area contributed by atoms with E-state index in [0.29, 0.717) is 6.04 Å². The number of hydrogen-bond acceptors (Lipinski definition) is 2. The van der Waals surface area contributed by atoms with E-state index in [0.717, 1.165) is 27.6 Å². The third-order valence-corrected chi connectivity index (χ3v) is 5.52. The minimum atomic E-state index is 0.546. The summed E-state index contributed by atoms with van der Waals surface area (Å²) in [5.74, 6) is 0. The number of fused-ring (bicyclic) bond motifs is 1. The zero-order valence-electron chi connectivity index (χ0n) is 11.5. The molecule has 2 aliphatic heterocycles. The SMILES string of the molecule is Cc1cc(Br)c(N2CC3CCCN3CC2C)cc1Cl. The molecule has 2 fully saturated rings. The van der Waals surface area contributed by atoms with Gasteiger partial charge in [0.15, 0.2) is 0 Å². The van der Waals surface area contributed by atoms with Crippen molar-refractivity contribution in [2.75, 3.05) is 24.5 Å². The first-order chi connectivity index (χ1) is 9.06. The number of piperazine rings is 1. The summed E-state index contributed by atoms with van der Waals surface area (Å²) in [6, 6.07) is 5.51. The molecule has 0 amide bonds. The Morgan fingerprint density at radius 2 is 2.11 bits per heavy atom. The quantitative estimate of drug-likeness (QED) is 0.758. The lowest BCUT2D eigenvalue weighted by Gasteiger charge is -2.44. The van der Waals surface area contributed by atoms with E-state index in [1.165, 1.54) is 31.6 Å². The Balaban J connectivity index is 1.91. The van der Waals surface area contributed by atoms with Gasteiger partial charge in [0.1, 0.15) is 0 Å². The van der Waals surface area contributed by atoms with Crippen molar-refractivity contribution >= 4 is 33.2 Å². The maximum Gasteiger partial charge on any atom is 0.0529 e. The van der Waals surface area contributed by atoms with Gasteiger partial charge in [0.25, 0.3) is 0 Å². The molecular weight excluding hydrogens is 324 g/mol. The number of halogens is 2. The third kappa shape index (κ3) is 2.53. The number of anilines is 1. The number of nitrogens with zero attached hydrogens (tertiary/aromatic N) is 2. The Labute approximate surface area is 128 Å². The number of rotatable bonds is 1. The minimum absolute atomic E-state index is 0.546. The zero-order chi connectivity index (χ0) is 13.6. The van der Waals surface area contributed by atoms with Gasteiger partial charge < -0.3 is 4.90 Å². The van der Waals surface area contributed by atoms with Crippen LogP contribution in [-0.2, 0) is 0 Å². The lowest BCUT2D eigenvalue weighted by molar-refractivity contribution is 0.203. The normalized spacial score (nSPS) is 27.7. The minimum Gasteiger partial charge on any atom is -0.365 e. The van der Waals surface area contributed by atoms with Gasteiger partial charge in [0, 0.05) is 34.7 Å². The molecule has 2 heterocycles. The Hall–Kier alpha value is -0.250. The van der Waals surface area contributed by atoms with Crippen LogP contribution in [0.15, 0.2) is 16.6 Å². The molecule has 0 aromatic heterocycles. The summed E-state index contributed by atoms with van der Waals surface area (Å²) >= 11 is 10.0. The summed E-state index contributed by atoms with van der Waals surface area (Å²) < 4.78 is 1.16. The van der Waals surface area contributed by atoms with Crippen LogP contribution in [0.4, 0.5) is 5.69 Å². The maximum atomic E-state index is 6.31. The first kappa shape index (κ1) is 13.7. The molecule has 0 N–H and O–H groups in total. The Kier molecular flexibility index (Phi) is 3.80. The second-order valence-electron chi connectivity index (χ2n) is 5.85. The number of aryl methyl sites for hydroxylation is 1. The lowest BCUT2D eigenvalue weighted by Crippen LogP contribution is -2.55. The van der Waals surface area contributed by atoms with Crippen molar-refractivity contribution in [3.05, 3.63) is 27.2 Å². The van der Waals surface area contributed by atoms with E-state index in [-0.39, 0.29) is 0 Å². The van der Waals surface area contributed by atoms with Crippen molar-refractivity contribution in [3.8, 4) is 0 Å². The van der Waals surface area contributed by atoms with Crippen LogP contribution in [0.3, 0.4) is 0 Å². The van der Waals surface area contributed by atoms with Gasteiger partial charge in [0.05, 0.1) is 5.69 Å². The first-order valence-electron chi connectivity index (χ1n) is 7.02. The molecule has 0 bridgehead atoms. The van der Waals surface area contributed by atoms with Crippen LogP contribution in [0.25, 0.3) is 0 Å². The molecule has 2 unspecified atom stereocenters. The van der Waals surface area contributed by atoms with Gasteiger partial charge in [-0.15, -0.1) is 0 Å². The fourth-order valence-electron chi connectivity index (χ4n) is 3.38. The largest absolute Gasteiger partial charge is 0.365 e. The molecule has 2 saturated heterocycles. The molecule has 19 heavy (non-hydrogen) atoms. The standard InChI is InChI=1S/C15H20BrClN2/c1-10-6-13(16)15(7-14(10)17)19-9-12-4-3-5-18(12)8-11(19)2/h6-7,11-12H,3-5,8-9H2,1-2H3. The summed E-state index contributed by atoms with van der Waals surface area (Å²) in [7, 11) is 0. The van der Waals surface area contributed by atoms with Crippen LogP contribution in [0.5, 0.6) is 0 Å². The molecule has 2 atom stereocenters. The maximum absolute atomic E-state index is 6.31. The van der Waals surface area contributed by atoms with Crippen molar-refractivity contribution in [2.45, 2.75) is 38.8 Å². The highest BCUT2D eigenvalue weighted by molar-refractivity contribution is 9.10. The van der Waals surface area contributed by atoms with Gasteiger partial charge >= 0.3 is 0 Å². The number of hydrogen-bond donors (Lipinski definition) is 0. The summed E-state index contributed by atoms with van der Waals surface area (Å²) in [5.41, 5.74) is 2.37. The van der Waals surface area contributed by atoms with Gasteiger partial charge in [0.2, 0.25) is 0 Å². The monoisotopic (exact) mass is 342 g/mol.